The molecular formula is C9H8ClNO4. The van der Waals surface area contributed by atoms with Crippen LogP contribution < -0.4 is 5.32 Å². The summed E-state index contributed by atoms with van der Waals surface area (Å²) in [6, 6.07) is 2.19. The Morgan fingerprint density at radius 3 is 2.47 bits per heavy atom. The largest absolute Gasteiger partial charge is 0.508 e. The SMILES string of the molecule is CC(=O)Nc1cc(O)cc(C(=O)O)c1Cl. The van der Waals surface area contributed by atoms with E-state index < -0.39 is 11.9 Å². The molecule has 1 aromatic carbocycles. The van der Waals surface area contributed by atoms with E-state index in [2.05, 4.69) is 5.32 Å². The van der Waals surface area contributed by atoms with Crippen LogP contribution in [0.25, 0.3) is 0 Å². The fourth-order valence-corrected chi connectivity index (χ4v) is 1.28. The number of hydrogen-bond donors (Lipinski definition) is 3. The van der Waals surface area contributed by atoms with Crippen molar-refractivity contribution in [2.75, 3.05) is 5.32 Å². The lowest BCUT2D eigenvalue weighted by molar-refractivity contribution is -0.114. The van der Waals surface area contributed by atoms with Crippen LogP contribution in [0.15, 0.2) is 12.1 Å². The molecule has 0 radical (unpaired) electrons. The molecule has 1 amide bonds. The van der Waals surface area contributed by atoms with Crippen LogP contribution >= 0.6 is 11.6 Å². The van der Waals surface area contributed by atoms with Crippen LogP contribution in [-0.2, 0) is 4.79 Å². The van der Waals surface area contributed by atoms with Gasteiger partial charge in [-0.25, -0.2) is 4.79 Å². The second-order valence-electron chi connectivity index (χ2n) is 2.84. The number of anilines is 1. The molecule has 0 spiro atoms. The number of phenols is 1. The number of carbonyl (C=O) groups is 2. The summed E-state index contributed by atoms with van der Waals surface area (Å²) in [4.78, 5) is 21.5. The van der Waals surface area contributed by atoms with Gasteiger partial charge in [0.05, 0.1) is 16.3 Å². The van der Waals surface area contributed by atoms with Gasteiger partial charge in [-0.1, -0.05) is 11.6 Å². The predicted molar refractivity (Wildman–Crippen MR) is 54.4 cm³/mol. The summed E-state index contributed by atoms with van der Waals surface area (Å²) in [5.41, 5.74) is -0.193. The molecule has 0 heterocycles. The molecule has 0 bridgehead atoms. The molecule has 1 aromatic rings. The molecule has 15 heavy (non-hydrogen) atoms. The van der Waals surface area contributed by atoms with Crippen molar-refractivity contribution in [3.63, 3.8) is 0 Å². The maximum Gasteiger partial charge on any atom is 0.337 e. The van der Waals surface area contributed by atoms with Crippen LogP contribution in [-0.4, -0.2) is 22.1 Å². The molecule has 0 aliphatic heterocycles. The number of carboxylic acid groups (broad SMARTS) is 1. The van der Waals surface area contributed by atoms with E-state index >= 15 is 0 Å². The Morgan fingerprint density at radius 1 is 1.40 bits per heavy atom. The first-order chi connectivity index (χ1) is 6.91. The van der Waals surface area contributed by atoms with Crippen molar-refractivity contribution >= 4 is 29.2 Å². The number of carboxylic acids is 1. The third-order valence-corrected chi connectivity index (χ3v) is 2.01. The molecule has 0 fully saturated rings. The zero-order valence-electron chi connectivity index (χ0n) is 7.74. The number of carbonyl (C=O) groups excluding carboxylic acids is 1. The first kappa shape index (κ1) is 11.3. The third kappa shape index (κ3) is 2.60. The van der Waals surface area contributed by atoms with Crippen LogP contribution in [0, 0.1) is 0 Å². The van der Waals surface area contributed by atoms with Gasteiger partial charge in [0.15, 0.2) is 0 Å². The monoisotopic (exact) mass is 229 g/mol. The summed E-state index contributed by atoms with van der Waals surface area (Å²) >= 11 is 5.71. The normalized spacial score (nSPS) is 9.73. The highest BCUT2D eigenvalue weighted by molar-refractivity contribution is 6.36. The van der Waals surface area contributed by atoms with Crippen LogP contribution in [0.2, 0.25) is 5.02 Å². The summed E-state index contributed by atoms with van der Waals surface area (Å²) in [5.74, 6) is -1.96. The minimum absolute atomic E-state index is 0.0709. The van der Waals surface area contributed by atoms with Crippen molar-refractivity contribution in [2.45, 2.75) is 6.92 Å². The van der Waals surface area contributed by atoms with Gasteiger partial charge in [-0.15, -0.1) is 0 Å². The molecule has 0 aliphatic carbocycles. The summed E-state index contributed by atoms with van der Waals surface area (Å²) in [7, 11) is 0. The van der Waals surface area contributed by atoms with E-state index in [0.717, 1.165) is 6.07 Å². The van der Waals surface area contributed by atoms with Crippen molar-refractivity contribution in [2.24, 2.45) is 0 Å². The average molecular weight is 230 g/mol. The molecule has 0 aliphatic rings. The second kappa shape index (κ2) is 4.18. The first-order valence-electron chi connectivity index (χ1n) is 3.95. The Bertz CT molecular complexity index is 430. The number of aromatic carboxylic acids is 1. The molecule has 3 N–H and O–H groups in total. The van der Waals surface area contributed by atoms with Gasteiger partial charge >= 0.3 is 5.97 Å². The van der Waals surface area contributed by atoms with Crippen LogP contribution in [0.1, 0.15) is 17.3 Å². The van der Waals surface area contributed by atoms with E-state index in [4.69, 9.17) is 16.7 Å². The molecule has 0 saturated carbocycles. The molecule has 80 valence electrons. The minimum atomic E-state index is -1.28. The fourth-order valence-electron chi connectivity index (χ4n) is 1.05. The highest BCUT2D eigenvalue weighted by atomic mass is 35.5. The van der Waals surface area contributed by atoms with Gasteiger partial charge in [-0.3, -0.25) is 4.79 Å². The molecule has 0 aromatic heterocycles. The number of benzene rings is 1. The average Bonchev–Trinajstić information content (AvgIpc) is 2.09. The van der Waals surface area contributed by atoms with Crippen molar-refractivity contribution in [3.8, 4) is 5.75 Å². The van der Waals surface area contributed by atoms with Gasteiger partial charge in [-0.2, -0.15) is 0 Å². The van der Waals surface area contributed by atoms with Gasteiger partial charge < -0.3 is 15.5 Å². The number of aromatic hydroxyl groups is 1. The summed E-state index contributed by atoms with van der Waals surface area (Å²) in [6.45, 7) is 1.25. The van der Waals surface area contributed by atoms with Crippen LogP contribution in [0.3, 0.4) is 0 Å². The molecule has 0 unspecified atom stereocenters. The first-order valence-corrected chi connectivity index (χ1v) is 4.33. The maximum atomic E-state index is 10.8. The second-order valence-corrected chi connectivity index (χ2v) is 3.22. The number of halogens is 1. The standard InChI is InChI=1S/C9H8ClNO4/c1-4(12)11-7-3-5(13)2-6(8(7)10)9(14)15/h2-3,13H,1H3,(H,11,12)(H,14,15). The Morgan fingerprint density at radius 2 is 2.00 bits per heavy atom. The summed E-state index contributed by atoms with van der Waals surface area (Å²) < 4.78 is 0. The number of amides is 1. The highest BCUT2D eigenvalue weighted by Gasteiger charge is 2.15. The smallest absolute Gasteiger partial charge is 0.337 e. The summed E-state index contributed by atoms with van der Waals surface area (Å²) in [5, 5.41) is 20.1. The van der Waals surface area contributed by atoms with Crippen LogP contribution in [0.5, 0.6) is 5.75 Å². The highest BCUT2D eigenvalue weighted by Crippen LogP contribution is 2.30. The predicted octanol–water partition coefficient (Wildman–Crippen LogP) is 1.70. The van der Waals surface area contributed by atoms with Crippen molar-refractivity contribution < 1.29 is 19.8 Å². The quantitative estimate of drug-likeness (QED) is 0.720. The third-order valence-electron chi connectivity index (χ3n) is 1.60. The number of nitrogens with one attached hydrogen (secondary N) is 1. The Hall–Kier alpha value is -1.75. The fraction of sp³-hybridized carbons (Fsp3) is 0.111. The zero-order chi connectivity index (χ0) is 11.6. The zero-order valence-corrected chi connectivity index (χ0v) is 8.50. The Balaban J connectivity index is 3.28. The van der Waals surface area contributed by atoms with Crippen molar-refractivity contribution in [1.29, 1.82) is 0 Å². The van der Waals surface area contributed by atoms with Gasteiger partial charge in [0.1, 0.15) is 5.75 Å². The Kier molecular flexibility index (Phi) is 3.16. The lowest BCUT2D eigenvalue weighted by Crippen LogP contribution is -2.08. The minimum Gasteiger partial charge on any atom is -0.508 e. The van der Waals surface area contributed by atoms with E-state index in [1.165, 1.54) is 13.0 Å². The van der Waals surface area contributed by atoms with E-state index in [1.807, 2.05) is 0 Å². The lowest BCUT2D eigenvalue weighted by Gasteiger charge is -2.08. The molecule has 0 saturated heterocycles. The number of rotatable bonds is 2. The molecule has 0 atom stereocenters. The summed E-state index contributed by atoms with van der Waals surface area (Å²) in [6.07, 6.45) is 0. The number of hydrogen-bond acceptors (Lipinski definition) is 3. The topological polar surface area (TPSA) is 86.6 Å². The number of phenolic OH excluding ortho intramolecular Hbond substituents is 1. The molecule has 1 rings (SSSR count). The van der Waals surface area contributed by atoms with E-state index in [9.17, 15) is 14.7 Å². The van der Waals surface area contributed by atoms with Crippen LogP contribution in [0.4, 0.5) is 5.69 Å². The molecule has 6 heteroatoms. The Labute approximate surface area is 90.3 Å². The lowest BCUT2D eigenvalue weighted by atomic mass is 10.2. The van der Waals surface area contributed by atoms with Crippen molar-refractivity contribution in [1.82, 2.24) is 0 Å². The van der Waals surface area contributed by atoms with Crippen molar-refractivity contribution in [3.05, 3.63) is 22.7 Å². The van der Waals surface area contributed by atoms with E-state index in [-0.39, 0.29) is 22.0 Å². The van der Waals surface area contributed by atoms with Gasteiger partial charge in [0.25, 0.3) is 0 Å². The van der Waals surface area contributed by atoms with Gasteiger partial charge in [-0.05, 0) is 6.07 Å². The maximum absolute atomic E-state index is 10.8. The van der Waals surface area contributed by atoms with E-state index in [1.54, 1.807) is 0 Å². The van der Waals surface area contributed by atoms with Gasteiger partial charge in [0.2, 0.25) is 5.91 Å². The molecular weight excluding hydrogens is 222 g/mol. The van der Waals surface area contributed by atoms with Gasteiger partial charge in [0, 0.05) is 13.0 Å². The van der Waals surface area contributed by atoms with E-state index in [0.29, 0.717) is 0 Å². The molecule has 5 nitrogen and oxygen atoms in total.